The lowest BCUT2D eigenvalue weighted by Gasteiger charge is -2.13. The highest BCUT2D eigenvalue weighted by Crippen LogP contribution is 2.23. The fraction of sp³-hybridized carbons (Fsp3) is 0.211. The minimum atomic E-state index is -4.81. The lowest BCUT2D eigenvalue weighted by atomic mass is 10.2. The summed E-state index contributed by atoms with van der Waals surface area (Å²) in [5.41, 5.74) is 0.550. The van der Waals surface area contributed by atoms with Gasteiger partial charge in [-0.25, -0.2) is 4.79 Å². The molecule has 0 spiro atoms. The number of hydrogen-bond acceptors (Lipinski definition) is 5. The van der Waals surface area contributed by atoms with Gasteiger partial charge in [0.05, 0.1) is 0 Å². The van der Waals surface area contributed by atoms with Crippen LogP contribution in [0.4, 0.5) is 18.9 Å². The molecule has 0 unspecified atom stereocenters. The van der Waals surface area contributed by atoms with E-state index in [0.29, 0.717) is 5.56 Å². The second-order valence-corrected chi connectivity index (χ2v) is 5.79. The van der Waals surface area contributed by atoms with Crippen LogP contribution in [0.5, 0.6) is 5.75 Å². The summed E-state index contributed by atoms with van der Waals surface area (Å²) in [6, 6.07) is 11.7. The van der Waals surface area contributed by atoms with E-state index in [1.165, 1.54) is 19.1 Å². The summed E-state index contributed by atoms with van der Waals surface area (Å²) < 4.78 is 44.8. The van der Waals surface area contributed by atoms with Crippen molar-refractivity contribution in [1.29, 1.82) is 0 Å². The third-order valence-corrected chi connectivity index (χ3v) is 3.45. The first-order valence-electron chi connectivity index (χ1n) is 8.32. The molecule has 2 N–H and O–H groups in total. The van der Waals surface area contributed by atoms with Crippen molar-refractivity contribution in [2.24, 2.45) is 0 Å². The zero-order valence-corrected chi connectivity index (χ0v) is 15.2. The number of carbonyl (C=O) groups is 3. The average Bonchev–Trinajstić information content (AvgIpc) is 2.67. The number of alkyl halides is 3. The monoisotopic (exact) mass is 410 g/mol. The molecule has 154 valence electrons. The van der Waals surface area contributed by atoms with E-state index in [4.69, 9.17) is 4.74 Å². The zero-order chi connectivity index (χ0) is 21.4. The maximum absolute atomic E-state index is 12.1. The van der Waals surface area contributed by atoms with Gasteiger partial charge in [-0.3, -0.25) is 9.59 Å². The Hall–Kier alpha value is -3.56. The average molecular weight is 410 g/mol. The van der Waals surface area contributed by atoms with Crippen molar-refractivity contribution in [3.8, 4) is 5.75 Å². The lowest BCUT2D eigenvalue weighted by molar-refractivity contribution is -0.274. The zero-order valence-electron chi connectivity index (χ0n) is 15.2. The second-order valence-electron chi connectivity index (χ2n) is 5.79. The van der Waals surface area contributed by atoms with E-state index in [1.54, 1.807) is 30.3 Å². The van der Waals surface area contributed by atoms with Crippen molar-refractivity contribution in [1.82, 2.24) is 5.32 Å². The Morgan fingerprint density at radius 1 is 1.00 bits per heavy atom. The van der Waals surface area contributed by atoms with Gasteiger partial charge in [-0.05, 0) is 43.3 Å². The Labute approximate surface area is 163 Å². The lowest BCUT2D eigenvalue weighted by Crippen LogP contribution is -2.40. The molecule has 0 aliphatic carbocycles. The molecule has 0 aliphatic rings. The molecule has 10 heteroatoms. The van der Waals surface area contributed by atoms with Crippen LogP contribution in [-0.2, 0) is 14.3 Å². The molecule has 0 bridgehead atoms. The number of benzene rings is 2. The normalized spacial score (nSPS) is 11.9. The van der Waals surface area contributed by atoms with Crippen LogP contribution in [0.15, 0.2) is 54.6 Å². The van der Waals surface area contributed by atoms with E-state index in [0.717, 1.165) is 12.1 Å². The molecule has 2 aromatic carbocycles. The van der Waals surface area contributed by atoms with Crippen molar-refractivity contribution < 1.29 is 37.0 Å². The Morgan fingerprint density at radius 2 is 1.62 bits per heavy atom. The molecule has 0 fully saturated rings. The molecule has 0 aromatic heterocycles. The first kappa shape index (κ1) is 21.7. The minimum Gasteiger partial charge on any atom is -0.454 e. The quantitative estimate of drug-likeness (QED) is 0.685. The molecule has 2 rings (SSSR count). The molecule has 1 atom stereocenters. The van der Waals surface area contributed by atoms with Crippen molar-refractivity contribution in [2.75, 3.05) is 11.9 Å². The van der Waals surface area contributed by atoms with Gasteiger partial charge in [-0.15, -0.1) is 13.2 Å². The highest BCUT2D eigenvalue weighted by molar-refractivity contribution is 5.97. The van der Waals surface area contributed by atoms with Crippen LogP contribution in [0.2, 0.25) is 0 Å². The van der Waals surface area contributed by atoms with Crippen molar-refractivity contribution in [3.63, 3.8) is 0 Å². The van der Waals surface area contributed by atoms with Gasteiger partial charge in [0.15, 0.2) is 6.61 Å². The van der Waals surface area contributed by atoms with E-state index in [2.05, 4.69) is 15.4 Å². The Bertz CT molecular complexity index is 854. The highest BCUT2D eigenvalue weighted by atomic mass is 19.4. The number of esters is 1. The molecular weight excluding hydrogens is 393 g/mol. The fourth-order valence-electron chi connectivity index (χ4n) is 2.13. The molecule has 2 amide bonds. The van der Waals surface area contributed by atoms with Crippen LogP contribution in [0, 0.1) is 0 Å². The van der Waals surface area contributed by atoms with Gasteiger partial charge >= 0.3 is 12.3 Å². The van der Waals surface area contributed by atoms with Crippen LogP contribution in [0.25, 0.3) is 0 Å². The van der Waals surface area contributed by atoms with E-state index in [1.807, 2.05) is 0 Å². The third-order valence-electron chi connectivity index (χ3n) is 3.45. The Balaban J connectivity index is 1.78. The molecule has 29 heavy (non-hydrogen) atoms. The van der Waals surface area contributed by atoms with Gasteiger partial charge in [0, 0.05) is 11.3 Å². The number of amides is 2. The standard InChI is InChI=1S/C19H17F3N2O5/c1-12(23-17(26)13-5-3-2-4-6-13)18(27)28-11-16(25)24-14-7-9-15(10-8-14)29-19(20,21)22/h2-10,12H,11H2,1H3,(H,23,26)(H,24,25)/t12-/m0/s1. The number of anilines is 1. The molecule has 0 saturated heterocycles. The summed E-state index contributed by atoms with van der Waals surface area (Å²) in [6.45, 7) is 0.769. The maximum atomic E-state index is 12.1. The molecule has 2 aromatic rings. The molecule has 0 heterocycles. The van der Waals surface area contributed by atoms with E-state index < -0.39 is 42.5 Å². The second kappa shape index (κ2) is 9.58. The number of halogens is 3. The van der Waals surface area contributed by atoms with Crippen molar-refractivity contribution in [3.05, 3.63) is 60.2 Å². The number of hydrogen-bond donors (Lipinski definition) is 2. The number of carbonyl (C=O) groups excluding carboxylic acids is 3. The van der Waals surface area contributed by atoms with Gasteiger partial charge in [0.2, 0.25) is 0 Å². The maximum Gasteiger partial charge on any atom is 0.573 e. The largest absolute Gasteiger partial charge is 0.573 e. The van der Waals surface area contributed by atoms with Crippen LogP contribution in [0.1, 0.15) is 17.3 Å². The van der Waals surface area contributed by atoms with Gasteiger partial charge in [0.25, 0.3) is 11.8 Å². The first-order chi connectivity index (χ1) is 13.6. The molecule has 0 radical (unpaired) electrons. The van der Waals surface area contributed by atoms with E-state index in [-0.39, 0.29) is 5.69 Å². The third kappa shape index (κ3) is 7.53. The summed E-state index contributed by atoms with van der Waals surface area (Å²) >= 11 is 0. The van der Waals surface area contributed by atoms with Crippen molar-refractivity contribution in [2.45, 2.75) is 19.3 Å². The van der Waals surface area contributed by atoms with Crippen LogP contribution < -0.4 is 15.4 Å². The van der Waals surface area contributed by atoms with E-state index in [9.17, 15) is 27.6 Å². The van der Waals surface area contributed by atoms with Gasteiger partial charge in [-0.2, -0.15) is 0 Å². The van der Waals surface area contributed by atoms with Gasteiger partial charge < -0.3 is 20.1 Å². The SMILES string of the molecule is C[C@H](NC(=O)c1ccccc1)C(=O)OCC(=O)Nc1ccc(OC(F)(F)F)cc1. The number of nitrogens with one attached hydrogen (secondary N) is 2. The van der Waals surface area contributed by atoms with Gasteiger partial charge in [0.1, 0.15) is 11.8 Å². The smallest absolute Gasteiger partial charge is 0.454 e. The summed E-state index contributed by atoms with van der Waals surface area (Å²) in [6.07, 6.45) is -4.81. The van der Waals surface area contributed by atoms with Crippen LogP contribution in [0.3, 0.4) is 0 Å². The summed E-state index contributed by atoms with van der Waals surface area (Å²) in [4.78, 5) is 35.7. The Kier molecular flexibility index (Phi) is 7.18. The summed E-state index contributed by atoms with van der Waals surface area (Å²) in [7, 11) is 0. The summed E-state index contributed by atoms with van der Waals surface area (Å²) in [5, 5.41) is 4.80. The number of ether oxygens (including phenoxy) is 2. The fourth-order valence-corrected chi connectivity index (χ4v) is 2.13. The minimum absolute atomic E-state index is 0.186. The molecule has 7 nitrogen and oxygen atoms in total. The first-order valence-corrected chi connectivity index (χ1v) is 8.32. The van der Waals surface area contributed by atoms with E-state index >= 15 is 0 Å². The molecule has 0 saturated carbocycles. The molecule has 0 aliphatic heterocycles. The topological polar surface area (TPSA) is 93.7 Å². The van der Waals surface area contributed by atoms with Gasteiger partial charge in [-0.1, -0.05) is 18.2 Å². The summed E-state index contributed by atoms with van der Waals surface area (Å²) in [5.74, 6) is -2.44. The van der Waals surface area contributed by atoms with Crippen LogP contribution in [-0.4, -0.2) is 36.8 Å². The van der Waals surface area contributed by atoms with Crippen LogP contribution >= 0.6 is 0 Å². The predicted octanol–water partition coefficient (Wildman–Crippen LogP) is 2.89. The Morgan fingerprint density at radius 3 is 2.21 bits per heavy atom. The highest BCUT2D eigenvalue weighted by Gasteiger charge is 2.31. The predicted molar refractivity (Wildman–Crippen MR) is 96.1 cm³/mol. The van der Waals surface area contributed by atoms with Crippen molar-refractivity contribution >= 4 is 23.5 Å². The molecular formula is C19H17F3N2O5. The number of rotatable bonds is 7.